The van der Waals surface area contributed by atoms with Crippen molar-refractivity contribution in [1.29, 1.82) is 0 Å². The lowest BCUT2D eigenvalue weighted by molar-refractivity contribution is 0.159. The normalized spacial score (nSPS) is 17.7. The predicted molar refractivity (Wildman–Crippen MR) is 96.9 cm³/mol. The molecule has 0 fully saturated rings. The summed E-state index contributed by atoms with van der Waals surface area (Å²) in [7, 11) is 5.69. The number of hydrogen-bond acceptors (Lipinski definition) is 2. The van der Waals surface area contributed by atoms with Crippen molar-refractivity contribution in [2.45, 2.75) is 38.3 Å². The molecule has 2 radical (unpaired) electrons. The van der Waals surface area contributed by atoms with Gasteiger partial charge >= 0.3 is 6.03 Å². The van der Waals surface area contributed by atoms with Crippen LogP contribution in [0, 0.1) is 0 Å². The average molecular weight is 320 g/mol. The Labute approximate surface area is 143 Å². The highest BCUT2D eigenvalue weighted by atomic mass is 16.3. The van der Waals surface area contributed by atoms with Crippen LogP contribution in [0.5, 0.6) is 0 Å². The van der Waals surface area contributed by atoms with Crippen LogP contribution in [0.1, 0.15) is 36.1 Å². The number of amides is 2. The molecule has 2 unspecified atom stereocenters. The fourth-order valence-electron chi connectivity index (χ4n) is 3.11. The van der Waals surface area contributed by atoms with E-state index >= 15 is 0 Å². The number of anilines is 1. The summed E-state index contributed by atoms with van der Waals surface area (Å²) in [4.78, 5) is 12.3. The predicted octanol–water partition coefficient (Wildman–Crippen LogP) is 2.21. The van der Waals surface area contributed by atoms with Gasteiger partial charge in [-0.2, -0.15) is 0 Å². The third kappa shape index (κ3) is 3.79. The number of hydrogen-bond donors (Lipinski definition) is 3. The summed E-state index contributed by atoms with van der Waals surface area (Å²) < 4.78 is 0. The highest BCUT2D eigenvalue weighted by Gasteiger charge is 2.20. The molecular formula is C19H21BN2O2. The SMILES string of the molecule is [B]c1ccc(C(C)NC(=O)Nc2cccc3c2CC(O)CC3)cc1. The van der Waals surface area contributed by atoms with E-state index in [4.69, 9.17) is 7.85 Å². The van der Waals surface area contributed by atoms with Crippen molar-refractivity contribution >= 4 is 25.0 Å². The number of aliphatic hydroxyl groups is 1. The molecule has 4 nitrogen and oxygen atoms in total. The van der Waals surface area contributed by atoms with Gasteiger partial charge in [-0.25, -0.2) is 4.79 Å². The van der Waals surface area contributed by atoms with Crippen molar-refractivity contribution in [2.75, 3.05) is 5.32 Å². The zero-order valence-corrected chi connectivity index (χ0v) is 13.8. The van der Waals surface area contributed by atoms with E-state index in [-0.39, 0.29) is 18.2 Å². The maximum atomic E-state index is 12.3. The lowest BCUT2D eigenvalue weighted by atomic mass is 9.88. The van der Waals surface area contributed by atoms with Crippen LogP contribution < -0.4 is 16.1 Å². The number of aryl methyl sites for hydroxylation is 1. The van der Waals surface area contributed by atoms with Gasteiger partial charge in [-0.1, -0.05) is 41.9 Å². The topological polar surface area (TPSA) is 61.4 Å². The van der Waals surface area contributed by atoms with Crippen LogP contribution in [0.4, 0.5) is 10.5 Å². The van der Waals surface area contributed by atoms with Gasteiger partial charge in [-0.05, 0) is 42.5 Å². The molecule has 1 aliphatic rings. The molecule has 2 atom stereocenters. The van der Waals surface area contributed by atoms with Crippen molar-refractivity contribution in [3.8, 4) is 0 Å². The van der Waals surface area contributed by atoms with Crippen LogP contribution in [0.25, 0.3) is 0 Å². The first-order chi connectivity index (χ1) is 11.5. The Kier molecular flexibility index (Phi) is 4.90. The Hall–Kier alpha value is -2.27. The molecule has 2 aromatic carbocycles. The Morgan fingerprint density at radius 2 is 2.00 bits per heavy atom. The van der Waals surface area contributed by atoms with Gasteiger partial charge in [-0.15, -0.1) is 0 Å². The quantitative estimate of drug-likeness (QED) is 0.760. The van der Waals surface area contributed by atoms with Crippen molar-refractivity contribution in [1.82, 2.24) is 5.32 Å². The Bertz CT molecular complexity index is 731. The highest BCUT2D eigenvalue weighted by Crippen LogP contribution is 2.28. The molecule has 24 heavy (non-hydrogen) atoms. The fourth-order valence-corrected chi connectivity index (χ4v) is 3.11. The molecular weight excluding hydrogens is 299 g/mol. The number of carbonyl (C=O) groups is 1. The first-order valence-electron chi connectivity index (χ1n) is 8.24. The van der Waals surface area contributed by atoms with E-state index < -0.39 is 0 Å². The second-order valence-electron chi connectivity index (χ2n) is 6.33. The Morgan fingerprint density at radius 3 is 2.75 bits per heavy atom. The monoisotopic (exact) mass is 320 g/mol. The van der Waals surface area contributed by atoms with Gasteiger partial charge < -0.3 is 15.7 Å². The standard InChI is InChI=1S/C19H21BN2O2/c1-12(13-5-8-15(20)9-6-13)21-19(24)22-18-4-2-3-14-7-10-16(23)11-17(14)18/h2-6,8-9,12,16,23H,7,10-11H2,1H3,(H2,21,22,24). The zero-order valence-electron chi connectivity index (χ0n) is 13.8. The lowest BCUT2D eigenvalue weighted by Crippen LogP contribution is -2.32. The van der Waals surface area contributed by atoms with E-state index in [1.807, 2.05) is 43.3 Å². The molecule has 5 heteroatoms. The van der Waals surface area contributed by atoms with E-state index in [1.54, 1.807) is 0 Å². The van der Waals surface area contributed by atoms with E-state index in [1.165, 1.54) is 5.56 Å². The Morgan fingerprint density at radius 1 is 1.25 bits per heavy atom. The van der Waals surface area contributed by atoms with Gasteiger partial charge in [0.05, 0.1) is 12.1 Å². The first kappa shape index (κ1) is 16.6. The zero-order chi connectivity index (χ0) is 17.1. The third-order valence-electron chi connectivity index (χ3n) is 4.49. The summed E-state index contributed by atoms with van der Waals surface area (Å²) in [6, 6.07) is 12.9. The molecule has 122 valence electrons. The highest BCUT2D eigenvalue weighted by molar-refractivity contribution is 6.32. The van der Waals surface area contributed by atoms with Crippen LogP contribution >= 0.6 is 0 Å². The summed E-state index contributed by atoms with van der Waals surface area (Å²) in [5.74, 6) is 0. The minimum atomic E-state index is -0.336. The number of fused-ring (bicyclic) bond motifs is 1. The molecule has 3 N–H and O–H groups in total. The van der Waals surface area contributed by atoms with Crippen LogP contribution in [0.15, 0.2) is 42.5 Å². The minimum Gasteiger partial charge on any atom is -0.393 e. The molecule has 0 aliphatic heterocycles. The van der Waals surface area contributed by atoms with Gasteiger partial charge in [-0.3, -0.25) is 0 Å². The fraction of sp³-hybridized carbons (Fsp3) is 0.316. The van der Waals surface area contributed by atoms with Gasteiger partial charge in [0.1, 0.15) is 7.85 Å². The molecule has 0 aromatic heterocycles. The number of benzene rings is 2. The summed E-state index contributed by atoms with van der Waals surface area (Å²) in [5, 5.41) is 15.7. The van der Waals surface area contributed by atoms with E-state index in [2.05, 4.69) is 16.7 Å². The molecule has 0 saturated heterocycles. The number of urea groups is 1. The molecule has 3 rings (SSSR count). The van der Waals surface area contributed by atoms with Crippen molar-refractivity contribution in [3.63, 3.8) is 0 Å². The second-order valence-corrected chi connectivity index (χ2v) is 6.33. The van der Waals surface area contributed by atoms with E-state index in [0.717, 1.165) is 29.7 Å². The van der Waals surface area contributed by atoms with Gasteiger partial charge in [0.15, 0.2) is 0 Å². The molecule has 0 saturated carbocycles. The van der Waals surface area contributed by atoms with Crippen molar-refractivity contribution in [3.05, 3.63) is 59.2 Å². The molecule has 1 aliphatic carbocycles. The van der Waals surface area contributed by atoms with Crippen molar-refractivity contribution in [2.24, 2.45) is 0 Å². The second kappa shape index (κ2) is 7.10. The van der Waals surface area contributed by atoms with E-state index in [9.17, 15) is 9.90 Å². The van der Waals surface area contributed by atoms with Crippen LogP contribution in [-0.2, 0) is 12.8 Å². The molecule has 0 spiro atoms. The summed E-state index contributed by atoms with van der Waals surface area (Å²) in [6.07, 6.45) is 1.86. The van der Waals surface area contributed by atoms with E-state index in [0.29, 0.717) is 11.9 Å². The molecule has 2 aromatic rings. The summed E-state index contributed by atoms with van der Waals surface area (Å²) >= 11 is 0. The van der Waals surface area contributed by atoms with Crippen LogP contribution in [0.3, 0.4) is 0 Å². The lowest BCUT2D eigenvalue weighted by Gasteiger charge is -2.24. The number of carbonyl (C=O) groups excluding carboxylic acids is 1. The minimum absolute atomic E-state index is 0.129. The Balaban J connectivity index is 1.68. The van der Waals surface area contributed by atoms with Gasteiger partial charge in [0.2, 0.25) is 0 Å². The average Bonchev–Trinajstić information content (AvgIpc) is 2.56. The van der Waals surface area contributed by atoms with Crippen molar-refractivity contribution < 1.29 is 9.90 Å². The van der Waals surface area contributed by atoms with Gasteiger partial charge in [0.25, 0.3) is 0 Å². The van der Waals surface area contributed by atoms with Gasteiger partial charge in [0, 0.05) is 12.1 Å². The third-order valence-corrected chi connectivity index (χ3v) is 4.49. The number of aliphatic hydroxyl groups excluding tert-OH is 1. The largest absolute Gasteiger partial charge is 0.393 e. The van der Waals surface area contributed by atoms with Crippen LogP contribution in [-0.4, -0.2) is 25.1 Å². The summed E-state index contributed by atoms with van der Waals surface area (Å²) in [5.41, 5.74) is 4.69. The maximum absolute atomic E-state index is 12.3. The molecule has 0 bridgehead atoms. The smallest absolute Gasteiger partial charge is 0.319 e. The first-order valence-corrected chi connectivity index (χ1v) is 8.24. The maximum Gasteiger partial charge on any atom is 0.319 e. The molecule has 2 amide bonds. The number of nitrogens with one attached hydrogen (secondary N) is 2. The summed E-state index contributed by atoms with van der Waals surface area (Å²) in [6.45, 7) is 1.93. The van der Waals surface area contributed by atoms with Crippen LogP contribution in [0.2, 0.25) is 0 Å². The number of rotatable bonds is 3. The molecule has 0 heterocycles.